The molecular weight excluding hydrogens is 412 g/mol. The Bertz CT molecular complexity index is 788. The van der Waals surface area contributed by atoms with Gasteiger partial charge in [0, 0.05) is 32.3 Å². The second-order valence-electron chi connectivity index (χ2n) is 7.58. The van der Waals surface area contributed by atoms with Crippen LogP contribution in [0.2, 0.25) is 0 Å². The number of ketones is 1. The Kier molecular flexibility index (Phi) is 12.0. The topological polar surface area (TPSA) is 96.0 Å². The van der Waals surface area contributed by atoms with E-state index in [1.807, 2.05) is 12.2 Å². The molecule has 0 aliphatic heterocycles. The highest BCUT2D eigenvalue weighted by molar-refractivity contribution is 6.09. The summed E-state index contributed by atoms with van der Waals surface area (Å²) in [4.78, 5) is 47.0. The Balaban J connectivity index is 3.02. The van der Waals surface area contributed by atoms with E-state index in [2.05, 4.69) is 11.7 Å². The summed E-state index contributed by atoms with van der Waals surface area (Å²) < 4.78 is 15.4. The molecule has 7 heteroatoms. The van der Waals surface area contributed by atoms with Crippen molar-refractivity contribution in [3.63, 3.8) is 0 Å². The van der Waals surface area contributed by atoms with Gasteiger partial charge >= 0.3 is 17.9 Å². The van der Waals surface area contributed by atoms with Crippen LogP contribution in [0.4, 0.5) is 0 Å². The molecule has 1 aliphatic carbocycles. The minimum atomic E-state index is -1.17. The van der Waals surface area contributed by atoms with Crippen LogP contribution in [0.1, 0.15) is 65.7 Å². The van der Waals surface area contributed by atoms with E-state index < -0.39 is 29.6 Å². The van der Waals surface area contributed by atoms with Crippen LogP contribution >= 0.6 is 0 Å². The summed E-state index contributed by atoms with van der Waals surface area (Å²) in [6.45, 7) is 4.72. The van der Waals surface area contributed by atoms with Crippen LogP contribution in [-0.2, 0) is 33.4 Å². The molecule has 0 fully saturated rings. The number of rotatable bonds is 13. The molecule has 0 aromatic heterocycles. The number of hydrogen-bond acceptors (Lipinski definition) is 7. The normalized spacial score (nSPS) is 20.2. The number of methoxy groups -OCH3 is 1. The molecule has 0 saturated heterocycles. The SMILES string of the molecule is CCCCC/C=C\C[C@]1(OC(C)=O)C=CC(=O)C1=C/C=C\[C@@H](CCC(=O)OC)OC(C)=O. The van der Waals surface area contributed by atoms with E-state index in [9.17, 15) is 19.2 Å². The number of hydrogen-bond donors (Lipinski definition) is 0. The quantitative estimate of drug-likeness (QED) is 0.137. The van der Waals surface area contributed by atoms with Crippen LogP contribution < -0.4 is 0 Å². The average molecular weight is 447 g/mol. The summed E-state index contributed by atoms with van der Waals surface area (Å²) >= 11 is 0. The molecule has 0 amide bonds. The van der Waals surface area contributed by atoms with Crippen molar-refractivity contribution in [3.05, 3.63) is 48.1 Å². The molecule has 0 aromatic carbocycles. The largest absolute Gasteiger partial charge is 0.469 e. The number of carbonyl (C=O) groups excluding carboxylic acids is 4. The van der Waals surface area contributed by atoms with Crippen LogP contribution in [0.15, 0.2) is 48.1 Å². The fourth-order valence-corrected chi connectivity index (χ4v) is 3.32. The lowest BCUT2D eigenvalue weighted by molar-refractivity contribution is -0.149. The van der Waals surface area contributed by atoms with Crippen molar-refractivity contribution < 1.29 is 33.4 Å². The molecule has 0 radical (unpaired) electrons. The molecular formula is C25H34O7. The summed E-state index contributed by atoms with van der Waals surface area (Å²) in [7, 11) is 1.29. The second-order valence-corrected chi connectivity index (χ2v) is 7.58. The molecule has 0 aromatic rings. The highest BCUT2D eigenvalue weighted by Crippen LogP contribution is 2.34. The third kappa shape index (κ3) is 9.45. The molecule has 0 bridgehead atoms. The lowest BCUT2D eigenvalue weighted by Crippen LogP contribution is -2.33. The predicted molar refractivity (Wildman–Crippen MR) is 121 cm³/mol. The van der Waals surface area contributed by atoms with E-state index in [4.69, 9.17) is 9.47 Å². The van der Waals surface area contributed by atoms with E-state index >= 15 is 0 Å². The van der Waals surface area contributed by atoms with Crippen LogP contribution in [-0.4, -0.2) is 42.5 Å². The molecule has 7 nitrogen and oxygen atoms in total. The van der Waals surface area contributed by atoms with E-state index in [0.29, 0.717) is 12.0 Å². The first-order chi connectivity index (χ1) is 15.2. The Labute approximate surface area is 190 Å². The van der Waals surface area contributed by atoms with Gasteiger partial charge in [0.05, 0.1) is 7.11 Å². The van der Waals surface area contributed by atoms with Gasteiger partial charge in [-0.05, 0) is 37.5 Å². The summed E-state index contributed by atoms with van der Waals surface area (Å²) in [5.74, 6) is -1.65. The van der Waals surface area contributed by atoms with Crippen molar-refractivity contribution in [1.29, 1.82) is 0 Å². The number of ether oxygens (including phenoxy) is 3. The van der Waals surface area contributed by atoms with Crippen molar-refractivity contribution in [2.75, 3.05) is 7.11 Å². The third-order valence-corrected chi connectivity index (χ3v) is 4.88. The highest BCUT2D eigenvalue weighted by Gasteiger charge is 2.41. The van der Waals surface area contributed by atoms with Crippen molar-refractivity contribution in [3.8, 4) is 0 Å². The summed E-state index contributed by atoms with van der Waals surface area (Å²) in [6, 6.07) is 0. The highest BCUT2D eigenvalue weighted by atomic mass is 16.6. The van der Waals surface area contributed by atoms with Gasteiger partial charge in [-0.1, -0.05) is 44.1 Å². The molecule has 176 valence electrons. The Morgan fingerprint density at radius 2 is 1.88 bits per heavy atom. The van der Waals surface area contributed by atoms with E-state index in [1.54, 1.807) is 24.3 Å². The Morgan fingerprint density at radius 1 is 1.12 bits per heavy atom. The van der Waals surface area contributed by atoms with E-state index in [0.717, 1.165) is 25.7 Å². The van der Waals surface area contributed by atoms with E-state index in [1.165, 1.54) is 27.0 Å². The first kappa shape index (κ1) is 27.1. The summed E-state index contributed by atoms with van der Waals surface area (Å²) in [6.07, 6.45) is 16.0. The third-order valence-electron chi connectivity index (χ3n) is 4.88. The van der Waals surface area contributed by atoms with Crippen LogP contribution in [0, 0.1) is 0 Å². The van der Waals surface area contributed by atoms with Gasteiger partial charge in [0.2, 0.25) is 0 Å². The first-order valence-electron chi connectivity index (χ1n) is 10.9. The number of carbonyl (C=O) groups is 4. The van der Waals surface area contributed by atoms with Crippen molar-refractivity contribution in [2.45, 2.75) is 77.4 Å². The minimum absolute atomic E-state index is 0.0794. The minimum Gasteiger partial charge on any atom is -0.469 e. The Morgan fingerprint density at radius 3 is 2.50 bits per heavy atom. The fourth-order valence-electron chi connectivity index (χ4n) is 3.32. The van der Waals surface area contributed by atoms with Gasteiger partial charge in [0.15, 0.2) is 11.4 Å². The van der Waals surface area contributed by atoms with Gasteiger partial charge < -0.3 is 14.2 Å². The molecule has 1 aliphatic rings. The van der Waals surface area contributed by atoms with Crippen molar-refractivity contribution >= 4 is 23.7 Å². The smallest absolute Gasteiger partial charge is 0.305 e. The molecule has 1 rings (SSSR count). The van der Waals surface area contributed by atoms with E-state index in [-0.39, 0.29) is 18.6 Å². The monoisotopic (exact) mass is 446 g/mol. The van der Waals surface area contributed by atoms with Crippen molar-refractivity contribution in [2.24, 2.45) is 0 Å². The number of unbranched alkanes of at least 4 members (excludes halogenated alkanes) is 3. The first-order valence-corrected chi connectivity index (χ1v) is 10.9. The van der Waals surface area contributed by atoms with Crippen LogP contribution in [0.25, 0.3) is 0 Å². The maximum Gasteiger partial charge on any atom is 0.305 e. The van der Waals surface area contributed by atoms with Gasteiger partial charge in [0.25, 0.3) is 0 Å². The molecule has 0 spiro atoms. The second kappa shape index (κ2) is 14.2. The number of esters is 3. The van der Waals surface area contributed by atoms with Gasteiger partial charge in [0.1, 0.15) is 6.10 Å². The summed E-state index contributed by atoms with van der Waals surface area (Å²) in [5.41, 5.74) is -0.853. The molecule has 0 N–H and O–H groups in total. The fraction of sp³-hybridized carbons (Fsp3) is 0.520. The van der Waals surface area contributed by atoms with Crippen LogP contribution in [0.5, 0.6) is 0 Å². The lowest BCUT2D eigenvalue weighted by Gasteiger charge is -2.27. The zero-order valence-electron chi connectivity index (χ0n) is 19.4. The zero-order valence-corrected chi connectivity index (χ0v) is 19.4. The van der Waals surface area contributed by atoms with Crippen molar-refractivity contribution in [1.82, 2.24) is 0 Å². The zero-order chi connectivity index (χ0) is 24.0. The average Bonchev–Trinajstić information content (AvgIpc) is 3.03. The summed E-state index contributed by atoms with van der Waals surface area (Å²) in [5, 5.41) is 0. The standard InChI is InChI=1S/C25H34O7/c1-5-6-7-8-9-10-17-25(32-20(3)27)18-16-23(28)22(25)13-11-12-21(31-19(2)26)14-15-24(29)30-4/h9-13,16,18,21H,5-8,14-15,17H2,1-4H3/b10-9-,12-11-,22-13?/t21-,25-/m0/s1. The molecule has 0 unspecified atom stereocenters. The molecule has 0 heterocycles. The maximum absolute atomic E-state index is 12.5. The van der Waals surface area contributed by atoms with Crippen LogP contribution in [0.3, 0.4) is 0 Å². The predicted octanol–water partition coefficient (Wildman–Crippen LogP) is 4.32. The van der Waals surface area contributed by atoms with Gasteiger partial charge in [-0.2, -0.15) is 0 Å². The molecule has 0 saturated carbocycles. The van der Waals surface area contributed by atoms with Gasteiger partial charge in [-0.15, -0.1) is 0 Å². The number of allylic oxidation sites excluding steroid dienone is 4. The van der Waals surface area contributed by atoms with Gasteiger partial charge in [-0.25, -0.2) is 0 Å². The maximum atomic E-state index is 12.5. The molecule has 2 atom stereocenters. The lowest BCUT2D eigenvalue weighted by atomic mass is 9.91. The molecule has 32 heavy (non-hydrogen) atoms. The Hall–Kier alpha value is -2.96. The van der Waals surface area contributed by atoms with Gasteiger partial charge in [-0.3, -0.25) is 19.2 Å².